The number of anilines is 1. The molecule has 0 saturated carbocycles. The smallest absolute Gasteiger partial charge is 0.255 e. The van der Waals surface area contributed by atoms with Crippen LogP contribution in [-0.4, -0.2) is 99.9 Å². The molecule has 6 atom stereocenters. The van der Waals surface area contributed by atoms with Crippen LogP contribution in [0.1, 0.15) is 40.4 Å². The Hall–Kier alpha value is -3.65. The van der Waals surface area contributed by atoms with Gasteiger partial charge in [0.05, 0.1) is 31.0 Å². The monoisotopic (exact) mass is 570 g/mol. The molecule has 1 amide bonds. The van der Waals surface area contributed by atoms with E-state index in [9.17, 15) is 39.9 Å². The van der Waals surface area contributed by atoms with E-state index < -0.39 is 58.0 Å². The quantitative estimate of drug-likeness (QED) is 0.167. The van der Waals surface area contributed by atoms with Gasteiger partial charge in [0.25, 0.3) is 5.91 Å². The van der Waals surface area contributed by atoms with E-state index >= 15 is 0 Å². The Morgan fingerprint density at radius 2 is 2.00 bits per heavy atom. The zero-order valence-corrected chi connectivity index (χ0v) is 22.7. The maximum atomic E-state index is 14.1. The second-order valence-corrected chi connectivity index (χ2v) is 11.6. The lowest BCUT2D eigenvalue weighted by Gasteiger charge is -2.49. The number of likely N-dealkylation sites (tertiary alicyclic amines) is 1. The number of hydrogen-bond donors (Lipinski definition) is 8. The van der Waals surface area contributed by atoms with Crippen molar-refractivity contribution in [1.82, 2.24) is 10.2 Å². The van der Waals surface area contributed by atoms with Gasteiger partial charge in [-0.15, -0.1) is 0 Å². The van der Waals surface area contributed by atoms with Gasteiger partial charge in [0.15, 0.2) is 17.1 Å². The van der Waals surface area contributed by atoms with Crippen LogP contribution < -0.4 is 21.1 Å². The summed E-state index contributed by atoms with van der Waals surface area (Å²) in [6.45, 7) is 1.03. The number of phenolic OH excluding ortho intramolecular Hbond substituents is 1. The highest BCUT2D eigenvalue weighted by molar-refractivity contribution is 6.25. The molecule has 2 aliphatic heterocycles. The number of benzene rings is 1. The lowest BCUT2D eigenvalue weighted by molar-refractivity contribution is -0.146. The summed E-state index contributed by atoms with van der Waals surface area (Å²) in [4.78, 5) is 41.9. The molecular formula is C28H34N4O9. The molecule has 5 aliphatic rings. The van der Waals surface area contributed by atoms with Crippen LogP contribution in [0.4, 0.5) is 5.69 Å². The molecule has 3 aliphatic carbocycles. The molecule has 9 N–H and O–H groups in total. The van der Waals surface area contributed by atoms with Gasteiger partial charge in [-0.05, 0) is 44.7 Å². The fraction of sp³-hybridized carbons (Fsp3) is 0.536. The summed E-state index contributed by atoms with van der Waals surface area (Å²) < 4.78 is 5.90. The molecule has 41 heavy (non-hydrogen) atoms. The molecular weight excluding hydrogens is 536 g/mol. The number of hydrogen-bond acceptors (Lipinski definition) is 12. The van der Waals surface area contributed by atoms with Crippen molar-refractivity contribution >= 4 is 23.2 Å². The molecule has 2 heterocycles. The highest BCUT2D eigenvalue weighted by Crippen LogP contribution is 2.57. The number of carbonyl (C=O) groups excluding carboxylic acids is 3. The van der Waals surface area contributed by atoms with E-state index in [-0.39, 0.29) is 54.8 Å². The maximum Gasteiger partial charge on any atom is 0.255 e. The summed E-state index contributed by atoms with van der Waals surface area (Å²) in [5, 5.41) is 61.1. The number of fused-ring (bicyclic) bond motifs is 6. The number of aliphatic hydroxyl groups excluding tert-OH is 3. The van der Waals surface area contributed by atoms with Gasteiger partial charge >= 0.3 is 0 Å². The Morgan fingerprint density at radius 1 is 1.27 bits per heavy atom. The lowest BCUT2D eigenvalue weighted by Crippen LogP contribution is -2.64. The second-order valence-electron chi connectivity index (χ2n) is 11.6. The average Bonchev–Trinajstić information content (AvgIpc) is 3.31. The highest BCUT2D eigenvalue weighted by Gasteiger charge is 2.63. The largest absolute Gasteiger partial charge is 0.510 e. The molecule has 13 nitrogen and oxygen atoms in total. The summed E-state index contributed by atoms with van der Waals surface area (Å²) in [7, 11) is 3.50. The van der Waals surface area contributed by atoms with Crippen LogP contribution in [0, 0.1) is 17.8 Å². The molecule has 1 aromatic carbocycles. The number of nitrogens with one attached hydrogen (secondary N) is 2. The fourth-order valence-corrected chi connectivity index (χ4v) is 7.88. The number of methoxy groups -OCH3 is 1. The highest BCUT2D eigenvalue weighted by atomic mass is 16.5. The average molecular weight is 571 g/mol. The molecule has 1 saturated heterocycles. The van der Waals surface area contributed by atoms with Gasteiger partial charge in [0.1, 0.15) is 22.8 Å². The molecule has 0 bridgehead atoms. The van der Waals surface area contributed by atoms with Gasteiger partial charge in [-0.25, -0.2) is 0 Å². The van der Waals surface area contributed by atoms with Crippen molar-refractivity contribution < 1.29 is 44.7 Å². The topological polar surface area (TPSA) is 215 Å². The molecule has 0 spiro atoms. The third kappa shape index (κ3) is 3.52. The minimum absolute atomic E-state index is 0.0355. The Kier molecular flexibility index (Phi) is 6.34. The Labute approximate surface area is 235 Å². The number of aliphatic hydroxyl groups is 4. The van der Waals surface area contributed by atoms with E-state index in [0.717, 1.165) is 18.5 Å². The Morgan fingerprint density at radius 3 is 2.66 bits per heavy atom. The Bertz CT molecular complexity index is 1450. The number of amides is 1. The number of allylic oxidation sites excluding steroid dienone is 1. The zero-order chi connectivity index (χ0) is 29.5. The second kappa shape index (κ2) is 9.44. The van der Waals surface area contributed by atoms with Crippen LogP contribution in [-0.2, 0) is 16.0 Å². The van der Waals surface area contributed by atoms with Crippen LogP contribution >= 0.6 is 0 Å². The molecule has 0 aromatic heterocycles. The molecule has 1 aromatic rings. The first kappa shape index (κ1) is 27.5. The number of carbonyl (C=O) groups is 3. The van der Waals surface area contributed by atoms with Crippen molar-refractivity contribution in [2.45, 2.75) is 36.9 Å². The number of Topliss-reactive ketones (excluding diaryl/α,β-unsaturated/α-hetero) is 2. The first-order chi connectivity index (χ1) is 19.5. The van der Waals surface area contributed by atoms with Gasteiger partial charge in [0.2, 0.25) is 5.78 Å². The number of ketones is 2. The zero-order valence-electron chi connectivity index (χ0n) is 22.7. The molecule has 6 rings (SSSR count). The fourth-order valence-electron chi connectivity index (χ4n) is 7.88. The molecule has 220 valence electrons. The van der Waals surface area contributed by atoms with E-state index in [2.05, 4.69) is 15.5 Å². The van der Waals surface area contributed by atoms with Crippen molar-refractivity contribution in [3.05, 3.63) is 39.4 Å². The van der Waals surface area contributed by atoms with Crippen molar-refractivity contribution in [3.8, 4) is 11.5 Å². The first-order valence-electron chi connectivity index (χ1n) is 13.7. The van der Waals surface area contributed by atoms with Crippen LogP contribution in [0.5, 0.6) is 11.5 Å². The summed E-state index contributed by atoms with van der Waals surface area (Å²) in [6.07, 6.45) is 1.03. The number of nitrogens with two attached hydrogens (primary N) is 1. The summed E-state index contributed by atoms with van der Waals surface area (Å²) in [5.74, 6) is -6.53. The minimum atomic E-state index is -2.76. The number of ether oxygens (including phenoxy) is 1. The van der Waals surface area contributed by atoms with E-state index in [1.165, 1.54) is 7.11 Å². The minimum Gasteiger partial charge on any atom is -0.510 e. The number of nitrogens with zero attached hydrogens (tertiary/aromatic N) is 1. The predicted octanol–water partition coefficient (Wildman–Crippen LogP) is -0.432. The van der Waals surface area contributed by atoms with E-state index in [4.69, 9.17) is 10.5 Å². The van der Waals surface area contributed by atoms with E-state index in [0.29, 0.717) is 23.5 Å². The summed E-state index contributed by atoms with van der Waals surface area (Å²) in [5.41, 5.74) is 2.98. The third-order valence-electron chi connectivity index (χ3n) is 9.65. The third-order valence-corrected chi connectivity index (χ3v) is 9.65. The standard InChI is InChI=1S/C28H34N4O9/c1-32-5-3-10-9-31-19-16(20(10)32)24(41-2)12-7-11-8-13-18(30-4-6-33)23(36)17(27(29)39)26(38)28(13,40)25(37)14(11)21(34)15(12)22(19)35/h10-11,13,18,20,30-31,33,35-37,40H,3-9H2,1-2H3,(H2,29,39)/t10?,11-,13-,18-,20?,28-/m0/s1. The number of rotatable bonds is 5. The molecule has 2 unspecified atom stereocenters. The van der Waals surface area contributed by atoms with Crippen LogP contribution in [0.3, 0.4) is 0 Å². The van der Waals surface area contributed by atoms with Crippen molar-refractivity contribution in [2.24, 2.45) is 23.5 Å². The van der Waals surface area contributed by atoms with E-state index in [1.807, 2.05) is 7.05 Å². The SMILES string of the molecule is COc1c2c(c(O)c3c1C1C(CCN1C)CN3)C(=O)C1=C(O)[C@]3(O)C(=O)C(C(N)=O)=C(O)[C@@H](NCCO)[C@@H]3C[C@@H]1C2. The molecule has 0 radical (unpaired) electrons. The van der Waals surface area contributed by atoms with E-state index in [1.54, 1.807) is 0 Å². The molecule has 13 heteroatoms. The maximum absolute atomic E-state index is 14.1. The van der Waals surface area contributed by atoms with Crippen LogP contribution in [0.15, 0.2) is 22.7 Å². The summed E-state index contributed by atoms with van der Waals surface area (Å²) >= 11 is 0. The normalized spacial score (nSPS) is 32.5. The van der Waals surface area contributed by atoms with Crippen molar-refractivity contribution in [2.75, 3.05) is 45.7 Å². The molecule has 1 fully saturated rings. The predicted molar refractivity (Wildman–Crippen MR) is 144 cm³/mol. The summed E-state index contributed by atoms with van der Waals surface area (Å²) in [6, 6.07) is -1.27. The van der Waals surface area contributed by atoms with Gasteiger partial charge in [-0.3, -0.25) is 19.3 Å². The number of phenols is 1. The van der Waals surface area contributed by atoms with Crippen LogP contribution in [0.25, 0.3) is 0 Å². The lowest BCUT2D eigenvalue weighted by atomic mass is 9.58. The van der Waals surface area contributed by atoms with Gasteiger partial charge in [-0.1, -0.05) is 0 Å². The number of primary amides is 1. The number of aromatic hydroxyl groups is 1. The van der Waals surface area contributed by atoms with Gasteiger partial charge in [-0.2, -0.15) is 0 Å². The van der Waals surface area contributed by atoms with Crippen LogP contribution in [0.2, 0.25) is 0 Å². The van der Waals surface area contributed by atoms with Gasteiger partial charge in [0, 0.05) is 41.7 Å². The van der Waals surface area contributed by atoms with Crippen molar-refractivity contribution in [1.29, 1.82) is 0 Å². The first-order valence-corrected chi connectivity index (χ1v) is 13.7. The van der Waals surface area contributed by atoms with Crippen molar-refractivity contribution in [3.63, 3.8) is 0 Å². The van der Waals surface area contributed by atoms with Gasteiger partial charge < -0.3 is 46.6 Å². The Balaban J connectivity index is 1.54.